The highest BCUT2D eigenvalue weighted by atomic mass is 16.5. The molecule has 0 aliphatic carbocycles. The van der Waals surface area contributed by atoms with Crippen LogP contribution >= 0.6 is 0 Å². The van der Waals surface area contributed by atoms with E-state index < -0.39 is 11.8 Å². The summed E-state index contributed by atoms with van der Waals surface area (Å²) >= 11 is 0. The molecule has 0 radical (unpaired) electrons. The van der Waals surface area contributed by atoms with Crippen molar-refractivity contribution in [3.05, 3.63) is 88.9 Å². The molecular formula is C23H20N2O4. The quantitative estimate of drug-likeness (QED) is 0.528. The molecule has 0 saturated heterocycles. The van der Waals surface area contributed by atoms with Crippen LogP contribution in [0.1, 0.15) is 18.5 Å². The van der Waals surface area contributed by atoms with Gasteiger partial charge in [0.1, 0.15) is 11.8 Å². The van der Waals surface area contributed by atoms with Crippen molar-refractivity contribution in [2.75, 3.05) is 5.32 Å². The minimum absolute atomic E-state index is 0.349. The van der Waals surface area contributed by atoms with Crippen LogP contribution in [0.15, 0.2) is 82.0 Å². The number of para-hydroxylation sites is 4. The van der Waals surface area contributed by atoms with Crippen molar-refractivity contribution >= 4 is 22.7 Å². The molecule has 3 aromatic carbocycles. The van der Waals surface area contributed by atoms with E-state index in [0.29, 0.717) is 28.3 Å². The first-order valence-electron chi connectivity index (χ1n) is 9.27. The predicted octanol–water partition coefficient (Wildman–Crippen LogP) is 4.89. The van der Waals surface area contributed by atoms with Crippen molar-refractivity contribution in [1.82, 2.24) is 4.57 Å². The summed E-state index contributed by atoms with van der Waals surface area (Å²) in [6, 6.07) is 21.1. The average Bonchev–Trinajstić information content (AvgIpc) is 3.06. The summed E-state index contributed by atoms with van der Waals surface area (Å²) in [5.74, 6) is 0.264. The lowest BCUT2D eigenvalue weighted by molar-refractivity contribution is -0.118. The Morgan fingerprint density at radius 1 is 1.00 bits per heavy atom. The fourth-order valence-corrected chi connectivity index (χ4v) is 3.10. The van der Waals surface area contributed by atoms with E-state index in [2.05, 4.69) is 5.32 Å². The van der Waals surface area contributed by atoms with Gasteiger partial charge in [-0.2, -0.15) is 0 Å². The number of ether oxygens (including phenoxy) is 1. The van der Waals surface area contributed by atoms with Crippen molar-refractivity contribution in [3.63, 3.8) is 0 Å². The number of fused-ring (bicyclic) bond motifs is 1. The Hall–Kier alpha value is -3.80. The Labute approximate surface area is 167 Å². The third-order valence-corrected chi connectivity index (χ3v) is 4.68. The van der Waals surface area contributed by atoms with E-state index in [1.807, 2.05) is 43.3 Å². The van der Waals surface area contributed by atoms with E-state index in [4.69, 9.17) is 9.15 Å². The van der Waals surface area contributed by atoms with Crippen molar-refractivity contribution in [1.29, 1.82) is 0 Å². The molecule has 6 heteroatoms. The lowest BCUT2D eigenvalue weighted by Gasteiger charge is -2.16. The van der Waals surface area contributed by atoms with Gasteiger partial charge in [0.15, 0.2) is 11.3 Å². The van der Waals surface area contributed by atoms with Gasteiger partial charge in [0.25, 0.3) is 0 Å². The highest BCUT2D eigenvalue weighted by Gasteiger charge is 2.22. The number of carbonyl (C=O) groups excluding carboxylic acids is 1. The van der Waals surface area contributed by atoms with Crippen molar-refractivity contribution in [3.8, 4) is 11.5 Å². The molecule has 0 spiro atoms. The molecule has 1 atom stereocenters. The minimum atomic E-state index is -0.765. The second kappa shape index (κ2) is 7.67. The molecule has 29 heavy (non-hydrogen) atoms. The Bertz CT molecular complexity index is 1220. The van der Waals surface area contributed by atoms with Crippen LogP contribution in [0.2, 0.25) is 0 Å². The van der Waals surface area contributed by atoms with Crippen LogP contribution in [0.3, 0.4) is 0 Å². The molecule has 1 heterocycles. The summed E-state index contributed by atoms with van der Waals surface area (Å²) in [5.41, 5.74) is 2.67. The van der Waals surface area contributed by atoms with Crippen molar-refractivity contribution in [2.45, 2.75) is 19.9 Å². The highest BCUT2D eigenvalue weighted by Crippen LogP contribution is 2.30. The molecule has 1 aromatic heterocycles. The van der Waals surface area contributed by atoms with Crippen LogP contribution in [0.25, 0.3) is 11.1 Å². The summed E-state index contributed by atoms with van der Waals surface area (Å²) in [6.45, 7) is 3.66. The molecule has 146 valence electrons. The van der Waals surface area contributed by atoms with Gasteiger partial charge in [0.2, 0.25) is 5.91 Å². The van der Waals surface area contributed by atoms with E-state index in [9.17, 15) is 9.59 Å². The number of benzene rings is 3. The summed E-state index contributed by atoms with van der Waals surface area (Å²) in [4.78, 5) is 25.2. The number of amides is 1. The maximum absolute atomic E-state index is 12.9. The molecule has 6 nitrogen and oxygen atoms in total. The summed E-state index contributed by atoms with van der Waals surface area (Å²) in [5, 5.41) is 2.86. The van der Waals surface area contributed by atoms with Gasteiger partial charge in [0, 0.05) is 0 Å². The molecule has 0 aliphatic heterocycles. The maximum atomic E-state index is 12.9. The number of oxazole rings is 1. The Morgan fingerprint density at radius 2 is 1.69 bits per heavy atom. The standard InChI is InChI=1S/C23H20N2O4/c1-15-11-13-17(14-12-15)28-20-9-5-3-7-18(20)24-22(26)16(2)25-19-8-4-6-10-21(19)29-23(25)27/h3-14,16H,1-2H3,(H,24,26). The number of hydrogen-bond acceptors (Lipinski definition) is 4. The third-order valence-electron chi connectivity index (χ3n) is 4.68. The van der Waals surface area contributed by atoms with Crippen LogP contribution in [0.5, 0.6) is 11.5 Å². The number of carbonyl (C=O) groups is 1. The number of aromatic nitrogens is 1. The second-order valence-corrected chi connectivity index (χ2v) is 6.78. The SMILES string of the molecule is Cc1ccc(Oc2ccccc2NC(=O)C(C)n2c(=O)oc3ccccc32)cc1. The van der Waals surface area contributed by atoms with Crippen molar-refractivity contribution in [2.24, 2.45) is 0 Å². The normalized spacial score (nSPS) is 11.9. The van der Waals surface area contributed by atoms with Gasteiger partial charge in [0.05, 0.1) is 11.2 Å². The van der Waals surface area contributed by atoms with Gasteiger partial charge in [-0.1, -0.05) is 42.0 Å². The molecule has 4 rings (SSSR count). The predicted molar refractivity (Wildman–Crippen MR) is 112 cm³/mol. The first-order chi connectivity index (χ1) is 14.0. The molecule has 1 N–H and O–H groups in total. The number of nitrogens with zero attached hydrogens (tertiary/aromatic N) is 1. The van der Waals surface area contributed by atoms with Gasteiger partial charge in [-0.3, -0.25) is 9.36 Å². The average molecular weight is 388 g/mol. The van der Waals surface area contributed by atoms with E-state index in [1.54, 1.807) is 43.3 Å². The number of rotatable bonds is 5. The van der Waals surface area contributed by atoms with Crippen LogP contribution in [0, 0.1) is 6.92 Å². The van der Waals surface area contributed by atoms with Crippen LogP contribution in [-0.2, 0) is 4.79 Å². The smallest absolute Gasteiger partial charge is 0.420 e. The maximum Gasteiger partial charge on any atom is 0.420 e. The van der Waals surface area contributed by atoms with Gasteiger partial charge in [-0.15, -0.1) is 0 Å². The van der Waals surface area contributed by atoms with Crippen LogP contribution in [0.4, 0.5) is 5.69 Å². The molecular weight excluding hydrogens is 368 g/mol. The first kappa shape index (κ1) is 18.6. The van der Waals surface area contributed by atoms with Crippen LogP contribution in [-0.4, -0.2) is 10.5 Å². The zero-order valence-electron chi connectivity index (χ0n) is 16.1. The Morgan fingerprint density at radius 3 is 2.48 bits per heavy atom. The number of hydrogen-bond donors (Lipinski definition) is 1. The fourth-order valence-electron chi connectivity index (χ4n) is 3.10. The molecule has 0 fully saturated rings. The Kier molecular flexibility index (Phi) is 4.91. The molecule has 0 bridgehead atoms. The molecule has 0 aliphatic rings. The lowest BCUT2D eigenvalue weighted by Crippen LogP contribution is -2.29. The lowest BCUT2D eigenvalue weighted by atomic mass is 10.2. The van der Waals surface area contributed by atoms with Gasteiger partial charge >= 0.3 is 5.76 Å². The summed E-state index contributed by atoms with van der Waals surface area (Å²) in [6.07, 6.45) is 0. The molecule has 1 unspecified atom stereocenters. The van der Waals surface area contributed by atoms with Gasteiger partial charge in [-0.05, 0) is 50.2 Å². The summed E-state index contributed by atoms with van der Waals surface area (Å²) in [7, 11) is 0. The molecule has 1 amide bonds. The number of nitrogens with one attached hydrogen (secondary N) is 1. The molecule has 4 aromatic rings. The monoisotopic (exact) mass is 388 g/mol. The largest absolute Gasteiger partial charge is 0.455 e. The number of aryl methyl sites for hydroxylation is 1. The van der Waals surface area contributed by atoms with E-state index in [-0.39, 0.29) is 5.91 Å². The van der Waals surface area contributed by atoms with E-state index in [1.165, 1.54) is 4.57 Å². The van der Waals surface area contributed by atoms with Gasteiger partial charge < -0.3 is 14.5 Å². The van der Waals surface area contributed by atoms with Gasteiger partial charge in [-0.25, -0.2) is 4.79 Å². The topological polar surface area (TPSA) is 73.5 Å². The third kappa shape index (κ3) is 3.78. The van der Waals surface area contributed by atoms with E-state index in [0.717, 1.165) is 5.56 Å². The Balaban J connectivity index is 1.59. The second-order valence-electron chi connectivity index (χ2n) is 6.78. The highest BCUT2D eigenvalue weighted by molar-refractivity contribution is 5.95. The zero-order valence-corrected chi connectivity index (χ0v) is 16.1. The van der Waals surface area contributed by atoms with Crippen LogP contribution < -0.4 is 15.8 Å². The summed E-state index contributed by atoms with van der Waals surface area (Å²) < 4.78 is 12.5. The number of anilines is 1. The van der Waals surface area contributed by atoms with Crippen molar-refractivity contribution < 1.29 is 13.9 Å². The fraction of sp³-hybridized carbons (Fsp3) is 0.130. The first-order valence-corrected chi connectivity index (χ1v) is 9.27. The van der Waals surface area contributed by atoms with E-state index >= 15 is 0 Å². The zero-order chi connectivity index (χ0) is 20.4. The molecule has 0 saturated carbocycles. The minimum Gasteiger partial charge on any atom is -0.455 e.